The number of ether oxygens (including phenoxy) is 1. The van der Waals surface area contributed by atoms with E-state index in [-0.39, 0.29) is 5.91 Å². The van der Waals surface area contributed by atoms with Gasteiger partial charge in [-0.15, -0.1) is 0 Å². The fourth-order valence-electron chi connectivity index (χ4n) is 4.19. The zero-order chi connectivity index (χ0) is 19.8. The van der Waals surface area contributed by atoms with Crippen LogP contribution in [0.4, 0.5) is 0 Å². The summed E-state index contributed by atoms with van der Waals surface area (Å²) in [5, 5.41) is 3.87. The molecule has 6 nitrogen and oxygen atoms in total. The first-order valence-electron chi connectivity index (χ1n) is 10.5. The van der Waals surface area contributed by atoms with E-state index in [1.807, 2.05) is 11.0 Å². The largest absolute Gasteiger partial charge is 0.479 e. The normalized spacial score (nSPS) is 21.5. The van der Waals surface area contributed by atoms with Crippen molar-refractivity contribution >= 4 is 11.8 Å². The van der Waals surface area contributed by atoms with E-state index in [2.05, 4.69) is 23.2 Å². The molecule has 0 unspecified atom stereocenters. The van der Waals surface area contributed by atoms with E-state index in [0.717, 1.165) is 81.6 Å². The van der Waals surface area contributed by atoms with Crippen molar-refractivity contribution in [3.05, 3.63) is 36.6 Å². The highest BCUT2D eigenvalue weighted by molar-refractivity contribution is 5.81. The van der Waals surface area contributed by atoms with Crippen LogP contribution < -0.4 is 0 Å². The Balaban J connectivity index is 1.34. The maximum atomic E-state index is 12.3. The van der Waals surface area contributed by atoms with Gasteiger partial charge in [0.05, 0.1) is 13.0 Å². The second-order valence-corrected chi connectivity index (χ2v) is 7.71. The number of oxime groups is 1. The highest BCUT2D eigenvalue weighted by Gasteiger charge is 2.24. The molecule has 0 bridgehead atoms. The third-order valence-electron chi connectivity index (χ3n) is 5.90. The molecule has 0 atom stereocenters. The zero-order valence-electron chi connectivity index (χ0n) is 16.9. The summed E-state index contributed by atoms with van der Waals surface area (Å²) < 4.78 is 5.67. The topological polar surface area (TPSA) is 54.4 Å². The lowest BCUT2D eigenvalue weighted by molar-refractivity contribution is -0.129. The predicted octanol–water partition coefficient (Wildman–Crippen LogP) is 3.48. The molecule has 0 N–H and O–H groups in total. The van der Waals surface area contributed by atoms with E-state index >= 15 is 0 Å². The van der Waals surface area contributed by atoms with Gasteiger partial charge in [0.25, 0.3) is 0 Å². The number of nitrogens with zero attached hydrogens (tertiary/aromatic N) is 3. The summed E-state index contributed by atoms with van der Waals surface area (Å²) in [7, 11) is 0. The van der Waals surface area contributed by atoms with Gasteiger partial charge in [0.2, 0.25) is 11.8 Å². The van der Waals surface area contributed by atoms with Gasteiger partial charge in [-0.05, 0) is 69.3 Å². The van der Waals surface area contributed by atoms with E-state index in [9.17, 15) is 4.79 Å². The SMILES string of the molecule is C=CC1=C(C=C)N(CCCN2CCC(CCOC3=NOCC3)CC2)C(=O)CC1. The molecular formula is C22H33N3O3. The monoisotopic (exact) mass is 387 g/mol. The van der Waals surface area contributed by atoms with E-state index in [1.165, 1.54) is 12.8 Å². The maximum absolute atomic E-state index is 12.3. The zero-order valence-corrected chi connectivity index (χ0v) is 16.9. The van der Waals surface area contributed by atoms with Crippen molar-refractivity contribution in [3.8, 4) is 0 Å². The Morgan fingerprint density at radius 1 is 1.14 bits per heavy atom. The number of likely N-dealkylation sites (tertiary alicyclic amines) is 1. The molecule has 1 amide bonds. The molecule has 1 fully saturated rings. The summed E-state index contributed by atoms with van der Waals surface area (Å²) in [4.78, 5) is 21.7. The number of amides is 1. The van der Waals surface area contributed by atoms with Crippen molar-refractivity contribution in [2.24, 2.45) is 11.1 Å². The molecule has 6 heteroatoms. The van der Waals surface area contributed by atoms with E-state index in [1.54, 1.807) is 6.08 Å². The molecule has 3 rings (SSSR count). The Morgan fingerprint density at radius 2 is 1.96 bits per heavy atom. The van der Waals surface area contributed by atoms with Gasteiger partial charge in [0.15, 0.2) is 0 Å². The maximum Gasteiger partial charge on any atom is 0.229 e. The standard InChI is InChI=1S/C22H33N3O3/c1-3-19-6-7-22(26)25(20(19)4-2)13-5-12-24-14-8-18(9-15-24)10-16-27-21-11-17-28-23-21/h3-4,18H,1-2,5-17H2. The number of allylic oxidation sites excluding steroid dienone is 3. The second kappa shape index (κ2) is 10.5. The van der Waals surface area contributed by atoms with Crippen LogP contribution in [0.2, 0.25) is 0 Å². The summed E-state index contributed by atoms with van der Waals surface area (Å²) in [6.07, 6.45) is 10.3. The van der Waals surface area contributed by atoms with Crippen LogP contribution in [-0.4, -0.2) is 61.0 Å². The molecule has 3 aliphatic heterocycles. The number of carbonyl (C=O) groups is 1. The summed E-state index contributed by atoms with van der Waals surface area (Å²) in [6.45, 7) is 13.2. The molecular weight excluding hydrogens is 354 g/mol. The molecule has 0 aromatic carbocycles. The van der Waals surface area contributed by atoms with Gasteiger partial charge in [-0.3, -0.25) is 4.79 Å². The Labute approximate surface area is 168 Å². The average molecular weight is 388 g/mol. The summed E-state index contributed by atoms with van der Waals surface area (Å²) in [6, 6.07) is 0. The van der Waals surface area contributed by atoms with Gasteiger partial charge in [-0.25, -0.2) is 0 Å². The highest BCUT2D eigenvalue weighted by atomic mass is 16.7. The molecule has 0 aromatic rings. The first-order valence-corrected chi connectivity index (χ1v) is 10.5. The third kappa shape index (κ3) is 5.47. The molecule has 3 heterocycles. The van der Waals surface area contributed by atoms with Crippen molar-refractivity contribution in [1.82, 2.24) is 9.80 Å². The fraction of sp³-hybridized carbons (Fsp3) is 0.636. The quantitative estimate of drug-likeness (QED) is 0.608. The molecule has 154 valence electrons. The Hall–Kier alpha value is -2.08. The van der Waals surface area contributed by atoms with Gasteiger partial charge in [0.1, 0.15) is 6.61 Å². The molecule has 0 aromatic heterocycles. The molecule has 28 heavy (non-hydrogen) atoms. The molecule has 0 saturated carbocycles. The van der Waals surface area contributed by atoms with Gasteiger partial charge in [0, 0.05) is 18.7 Å². The fourth-order valence-corrected chi connectivity index (χ4v) is 4.19. The first kappa shape index (κ1) is 20.6. The van der Waals surface area contributed by atoms with E-state index < -0.39 is 0 Å². The van der Waals surface area contributed by atoms with Crippen molar-refractivity contribution < 1.29 is 14.4 Å². The summed E-state index contributed by atoms with van der Waals surface area (Å²) in [5.74, 6) is 1.68. The van der Waals surface area contributed by atoms with E-state index in [4.69, 9.17) is 9.57 Å². The molecule has 0 spiro atoms. The second-order valence-electron chi connectivity index (χ2n) is 7.71. The highest BCUT2D eigenvalue weighted by Crippen LogP contribution is 2.25. The minimum atomic E-state index is 0.205. The minimum Gasteiger partial charge on any atom is -0.479 e. The van der Waals surface area contributed by atoms with Crippen LogP contribution in [0.15, 0.2) is 41.7 Å². The minimum absolute atomic E-state index is 0.205. The number of piperidine rings is 1. The number of carbonyl (C=O) groups excluding carboxylic acids is 1. The van der Waals surface area contributed by atoms with Crippen molar-refractivity contribution in [1.29, 1.82) is 0 Å². The predicted molar refractivity (Wildman–Crippen MR) is 111 cm³/mol. The van der Waals surface area contributed by atoms with Crippen LogP contribution in [0.3, 0.4) is 0 Å². The van der Waals surface area contributed by atoms with Crippen LogP contribution in [0.5, 0.6) is 0 Å². The van der Waals surface area contributed by atoms with Gasteiger partial charge >= 0.3 is 0 Å². The lowest BCUT2D eigenvalue weighted by Gasteiger charge is -2.33. The lowest BCUT2D eigenvalue weighted by Crippen LogP contribution is -2.38. The Bertz CT molecular complexity index is 633. The molecule has 1 saturated heterocycles. The van der Waals surface area contributed by atoms with Crippen LogP contribution in [0.1, 0.15) is 44.9 Å². The Morgan fingerprint density at radius 3 is 2.64 bits per heavy atom. The summed E-state index contributed by atoms with van der Waals surface area (Å²) in [5.41, 5.74) is 2.08. The van der Waals surface area contributed by atoms with Crippen molar-refractivity contribution in [2.75, 3.05) is 39.4 Å². The number of hydrogen-bond acceptors (Lipinski definition) is 5. The van der Waals surface area contributed by atoms with Gasteiger partial charge < -0.3 is 19.4 Å². The van der Waals surface area contributed by atoms with Crippen LogP contribution in [-0.2, 0) is 14.4 Å². The van der Waals surface area contributed by atoms with Crippen molar-refractivity contribution in [3.63, 3.8) is 0 Å². The average Bonchev–Trinajstić information content (AvgIpc) is 3.23. The first-order chi connectivity index (χ1) is 13.7. The molecule has 0 radical (unpaired) electrons. The van der Waals surface area contributed by atoms with Crippen LogP contribution in [0.25, 0.3) is 0 Å². The van der Waals surface area contributed by atoms with E-state index in [0.29, 0.717) is 13.0 Å². The Kier molecular flexibility index (Phi) is 7.71. The third-order valence-corrected chi connectivity index (χ3v) is 5.90. The summed E-state index contributed by atoms with van der Waals surface area (Å²) >= 11 is 0. The number of hydrogen-bond donors (Lipinski definition) is 0. The number of rotatable bonds is 9. The van der Waals surface area contributed by atoms with Gasteiger partial charge in [-0.1, -0.05) is 24.4 Å². The van der Waals surface area contributed by atoms with Crippen LogP contribution >= 0.6 is 0 Å². The molecule has 0 aliphatic carbocycles. The van der Waals surface area contributed by atoms with Gasteiger partial charge in [-0.2, -0.15) is 0 Å². The lowest BCUT2D eigenvalue weighted by atomic mass is 9.94. The van der Waals surface area contributed by atoms with Crippen molar-refractivity contribution in [2.45, 2.75) is 44.9 Å². The molecule has 3 aliphatic rings. The smallest absolute Gasteiger partial charge is 0.229 e. The van der Waals surface area contributed by atoms with Crippen LogP contribution in [0, 0.1) is 5.92 Å².